The lowest BCUT2D eigenvalue weighted by atomic mass is 10.4. The Kier molecular flexibility index (Phi) is 13.5. The number of aliphatic carboxylic acids is 1. The van der Waals surface area contributed by atoms with Gasteiger partial charge in [-0.05, 0) is 18.2 Å². The van der Waals surface area contributed by atoms with Crippen LogP contribution in [0.15, 0.2) is 23.1 Å². The van der Waals surface area contributed by atoms with E-state index in [0.29, 0.717) is 29.7 Å². The molecule has 23 heavy (non-hydrogen) atoms. The second kappa shape index (κ2) is 13.9. The van der Waals surface area contributed by atoms with Crippen LogP contribution in [-0.2, 0) is 4.79 Å². The second-order valence-electron chi connectivity index (χ2n) is 4.27. The molecule has 0 bridgehead atoms. The molecule has 4 N–H and O–H groups in total. The summed E-state index contributed by atoms with van der Waals surface area (Å²) in [6, 6.07) is 4.98. The third-order valence-electron chi connectivity index (χ3n) is 2.49. The molecule has 6 nitrogen and oxygen atoms in total. The fourth-order valence-corrected chi connectivity index (χ4v) is 2.70. The molecule has 9 heteroatoms. The number of rotatable bonds is 9. The molecule has 0 unspecified atom stereocenters. The lowest BCUT2D eigenvalue weighted by Gasteiger charge is -2.17. The van der Waals surface area contributed by atoms with Crippen LogP contribution in [0.4, 0.5) is 0 Å². The largest absolute Gasteiger partial charge is 0.481 e. The van der Waals surface area contributed by atoms with Crippen LogP contribution >= 0.6 is 35.0 Å². The van der Waals surface area contributed by atoms with E-state index in [1.54, 1.807) is 23.1 Å². The molecule has 0 aromatic heterocycles. The maximum atomic E-state index is 10.3. The predicted octanol–water partition coefficient (Wildman–Crippen LogP) is 1.44. The van der Waals surface area contributed by atoms with Gasteiger partial charge >= 0.3 is 5.97 Å². The molecule has 0 aliphatic carbocycles. The number of carboxylic acids is 1. The number of hydrogen-bond acceptors (Lipinski definition) is 6. The van der Waals surface area contributed by atoms with Gasteiger partial charge in [-0.15, -0.1) is 11.8 Å². The zero-order valence-corrected chi connectivity index (χ0v) is 14.8. The van der Waals surface area contributed by atoms with Crippen molar-refractivity contribution in [3.8, 4) is 0 Å². The van der Waals surface area contributed by atoms with Crippen molar-refractivity contribution in [3.63, 3.8) is 0 Å². The first kappa shape index (κ1) is 22.5. The number of benzene rings is 1. The summed E-state index contributed by atoms with van der Waals surface area (Å²) in [7, 11) is 0. The van der Waals surface area contributed by atoms with Crippen LogP contribution in [0.25, 0.3) is 0 Å². The quantitative estimate of drug-likeness (QED) is 0.477. The van der Waals surface area contributed by atoms with Crippen molar-refractivity contribution in [2.75, 3.05) is 45.2 Å². The lowest BCUT2D eigenvalue weighted by Crippen LogP contribution is -2.32. The highest BCUT2D eigenvalue weighted by atomic mass is 35.5. The average molecular weight is 386 g/mol. The number of carboxylic acid groups (broad SMARTS) is 1. The molecule has 0 fully saturated rings. The molecule has 0 radical (unpaired) electrons. The van der Waals surface area contributed by atoms with Crippen LogP contribution < -0.4 is 0 Å². The first-order chi connectivity index (χ1) is 10.9. The van der Waals surface area contributed by atoms with Crippen molar-refractivity contribution in [1.82, 2.24) is 4.90 Å². The topological polar surface area (TPSA) is 101 Å². The van der Waals surface area contributed by atoms with Crippen molar-refractivity contribution in [1.29, 1.82) is 0 Å². The number of aliphatic hydroxyl groups excluding tert-OH is 3. The van der Waals surface area contributed by atoms with Gasteiger partial charge in [0, 0.05) is 29.6 Å². The highest BCUT2D eigenvalue weighted by molar-refractivity contribution is 8.00. The van der Waals surface area contributed by atoms with Gasteiger partial charge in [-0.1, -0.05) is 23.2 Å². The van der Waals surface area contributed by atoms with Gasteiger partial charge in [0.15, 0.2) is 0 Å². The van der Waals surface area contributed by atoms with Crippen LogP contribution in [0.5, 0.6) is 0 Å². The molecular formula is C14H21Cl2NO5S. The molecule has 0 aliphatic heterocycles. The Morgan fingerprint density at radius 2 is 1.57 bits per heavy atom. The summed E-state index contributed by atoms with van der Waals surface area (Å²) in [5.74, 6) is -0.863. The number of hydrogen-bond donors (Lipinski definition) is 4. The summed E-state index contributed by atoms with van der Waals surface area (Å²) in [4.78, 5) is 12.8. The Bertz CT molecular complexity index is 451. The summed E-state index contributed by atoms with van der Waals surface area (Å²) in [6.45, 7) is 1.75. The van der Waals surface area contributed by atoms with Gasteiger partial charge in [0.2, 0.25) is 0 Å². The van der Waals surface area contributed by atoms with Gasteiger partial charge < -0.3 is 20.4 Å². The number of nitrogens with zero attached hydrogens (tertiary/aromatic N) is 1. The minimum Gasteiger partial charge on any atom is -0.481 e. The minimum atomic E-state index is -0.865. The van der Waals surface area contributed by atoms with Crippen molar-refractivity contribution in [3.05, 3.63) is 28.2 Å². The molecular weight excluding hydrogens is 365 g/mol. The maximum Gasteiger partial charge on any atom is 0.313 e. The summed E-state index contributed by atoms with van der Waals surface area (Å²) >= 11 is 12.7. The Hall–Kier alpha value is -0.540. The Morgan fingerprint density at radius 3 is 1.96 bits per heavy atom. The summed E-state index contributed by atoms with van der Waals surface area (Å²) < 4.78 is 0. The molecule has 0 amide bonds. The van der Waals surface area contributed by atoms with E-state index in [4.69, 9.17) is 43.6 Å². The summed E-state index contributed by atoms with van der Waals surface area (Å²) in [5.41, 5.74) is 0. The van der Waals surface area contributed by atoms with E-state index < -0.39 is 5.97 Å². The molecule has 1 aromatic carbocycles. The SMILES string of the molecule is O=C(O)CSc1ccc(Cl)cc1Cl.OCCN(CCO)CCO. The smallest absolute Gasteiger partial charge is 0.313 e. The maximum absolute atomic E-state index is 10.3. The van der Waals surface area contributed by atoms with Crippen LogP contribution in [0.2, 0.25) is 10.0 Å². The van der Waals surface area contributed by atoms with E-state index in [1.807, 2.05) is 0 Å². The monoisotopic (exact) mass is 385 g/mol. The van der Waals surface area contributed by atoms with Gasteiger partial charge in [-0.3, -0.25) is 9.69 Å². The fraction of sp³-hybridized carbons (Fsp3) is 0.500. The van der Waals surface area contributed by atoms with Gasteiger partial charge in [0.1, 0.15) is 0 Å². The van der Waals surface area contributed by atoms with E-state index in [9.17, 15) is 4.79 Å². The molecule has 1 aromatic rings. The third-order valence-corrected chi connectivity index (χ3v) is 4.21. The highest BCUT2D eigenvalue weighted by Crippen LogP contribution is 2.29. The number of thioether (sulfide) groups is 1. The lowest BCUT2D eigenvalue weighted by molar-refractivity contribution is -0.133. The zero-order chi connectivity index (χ0) is 17.7. The summed E-state index contributed by atoms with van der Waals surface area (Å²) in [6.07, 6.45) is 0. The Morgan fingerprint density at radius 1 is 1.04 bits per heavy atom. The Labute approximate surface area is 149 Å². The van der Waals surface area contributed by atoms with Gasteiger partial charge in [0.25, 0.3) is 0 Å². The highest BCUT2D eigenvalue weighted by Gasteiger charge is 2.04. The van der Waals surface area contributed by atoms with Crippen molar-refractivity contribution in [2.24, 2.45) is 0 Å². The van der Waals surface area contributed by atoms with E-state index in [1.165, 1.54) is 11.8 Å². The van der Waals surface area contributed by atoms with Crippen LogP contribution in [0.3, 0.4) is 0 Å². The number of halogens is 2. The van der Waals surface area contributed by atoms with Crippen molar-refractivity contribution in [2.45, 2.75) is 4.90 Å². The van der Waals surface area contributed by atoms with E-state index >= 15 is 0 Å². The first-order valence-electron chi connectivity index (χ1n) is 6.79. The Balaban J connectivity index is 0.000000438. The van der Waals surface area contributed by atoms with Crippen molar-refractivity contribution < 1.29 is 25.2 Å². The normalized spacial score (nSPS) is 10.3. The average Bonchev–Trinajstić information content (AvgIpc) is 2.48. The number of aliphatic hydroxyl groups is 3. The zero-order valence-electron chi connectivity index (χ0n) is 12.5. The van der Waals surface area contributed by atoms with Crippen molar-refractivity contribution >= 4 is 40.9 Å². The van der Waals surface area contributed by atoms with Crippen LogP contribution in [0.1, 0.15) is 0 Å². The van der Waals surface area contributed by atoms with E-state index in [2.05, 4.69) is 0 Å². The molecule has 0 aliphatic rings. The molecule has 0 saturated heterocycles. The van der Waals surface area contributed by atoms with Gasteiger partial charge in [0.05, 0.1) is 30.6 Å². The predicted molar refractivity (Wildman–Crippen MR) is 92.5 cm³/mol. The fourth-order valence-electron chi connectivity index (χ4n) is 1.49. The van der Waals surface area contributed by atoms with Crippen LogP contribution in [-0.4, -0.2) is 76.5 Å². The number of carbonyl (C=O) groups is 1. The third kappa shape index (κ3) is 11.6. The summed E-state index contributed by atoms with van der Waals surface area (Å²) in [5, 5.41) is 34.9. The standard InChI is InChI=1S/C8H6Cl2O2S.C6H15NO3/c9-5-1-2-7(6(10)3-5)13-4-8(11)12;8-4-1-7(2-5-9)3-6-10/h1-3H,4H2,(H,11,12);8-10H,1-6H2. The van der Waals surface area contributed by atoms with E-state index in [-0.39, 0.29) is 25.6 Å². The minimum absolute atomic E-state index is 0.00134. The first-order valence-corrected chi connectivity index (χ1v) is 8.53. The molecule has 132 valence electrons. The molecule has 0 atom stereocenters. The van der Waals surface area contributed by atoms with Crippen LogP contribution in [0, 0.1) is 0 Å². The molecule has 0 spiro atoms. The van der Waals surface area contributed by atoms with Gasteiger partial charge in [-0.25, -0.2) is 0 Å². The van der Waals surface area contributed by atoms with E-state index in [0.717, 1.165) is 4.90 Å². The molecule has 0 heterocycles. The second-order valence-corrected chi connectivity index (χ2v) is 6.13. The molecule has 1 rings (SSSR count). The molecule has 0 saturated carbocycles. The van der Waals surface area contributed by atoms with Gasteiger partial charge in [-0.2, -0.15) is 0 Å².